The van der Waals surface area contributed by atoms with E-state index in [-0.39, 0.29) is 0 Å². The van der Waals surface area contributed by atoms with Gasteiger partial charge in [0.2, 0.25) is 0 Å². The Hall–Kier alpha value is -3.73. The molecule has 0 N–H and O–H groups in total. The minimum atomic E-state index is -0.470. The third-order valence-electron chi connectivity index (χ3n) is 8.29. The zero-order valence-electron chi connectivity index (χ0n) is 29.1. The number of benzene rings is 3. The standard InChI is InChI=1S/C42H58O5/c1-4-7-10-12-14-15-16-18-19-32-44-37-25-21-35(22-26-37)36-23-27-38(28-24-36)47-42(43)40-30-29-39(34-41(40)46-31-9-6-3)45-33-20-17-13-11-8-5-2/h6,21-30,34H,3-5,7-20,31-33H2,1-2H3. The second-order valence-electron chi connectivity index (χ2n) is 12.3. The highest BCUT2D eigenvalue weighted by atomic mass is 16.5. The lowest BCUT2D eigenvalue weighted by Gasteiger charge is -2.13. The summed E-state index contributed by atoms with van der Waals surface area (Å²) >= 11 is 0. The Labute approximate surface area is 284 Å². The number of esters is 1. The lowest BCUT2D eigenvalue weighted by Crippen LogP contribution is -2.11. The van der Waals surface area contributed by atoms with Crippen LogP contribution in [0.25, 0.3) is 11.1 Å². The number of unbranched alkanes of at least 4 members (excludes halogenated alkanes) is 13. The van der Waals surface area contributed by atoms with E-state index in [4.69, 9.17) is 18.9 Å². The van der Waals surface area contributed by atoms with Gasteiger partial charge in [0.15, 0.2) is 0 Å². The minimum Gasteiger partial charge on any atom is -0.494 e. The molecule has 0 aliphatic rings. The van der Waals surface area contributed by atoms with Crippen LogP contribution in [0, 0.1) is 0 Å². The minimum absolute atomic E-state index is 0.364. The van der Waals surface area contributed by atoms with Gasteiger partial charge in [0.1, 0.15) is 28.6 Å². The molecule has 0 spiro atoms. The van der Waals surface area contributed by atoms with Crippen LogP contribution in [-0.2, 0) is 0 Å². The molecule has 47 heavy (non-hydrogen) atoms. The monoisotopic (exact) mass is 642 g/mol. The summed E-state index contributed by atoms with van der Waals surface area (Å²) in [4.78, 5) is 13.2. The molecule has 5 nitrogen and oxygen atoms in total. The van der Waals surface area contributed by atoms with Crippen LogP contribution in [0.5, 0.6) is 23.0 Å². The molecule has 0 fully saturated rings. The van der Waals surface area contributed by atoms with Gasteiger partial charge in [-0.2, -0.15) is 0 Å². The Bertz CT molecular complexity index is 1270. The third-order valence-corrected chi connectivity index (χ3v) is 8.29. The van der Waals surface area contributed by atoms with Gasteiger partial charge in [-0.15, -0.1) is 6.58 Å². The zero-order chi connectivity index (χ0) is 33.4. The summed E-state index contributed by atoms with van der Waals surface area (Å²) < 4.78 is 23.6. The topological polar surface area (TPSA) is 54.0 Å². The highest BCUT2D eigenvalue weighted by Gasteiger charge is 2.17. The predicted octanol–water partition coefficient (Wildman–Crippen LogP) is 12.2. The smallest absolute Gasteiger partial charge is 0.347 e. The van der Waals surface area contributed by atoms with Crippen molar-refractivity contribution in [2.24, 2.45) is 0 Å². The Balaban J connectivity index is 1.47. The summed E-state index contributed by atoms with van der Waals surface area (Å²) in [7, 11) is 0. The summed E-state index contributed by atoms with van der Waals surface area (Å²) in [5.74, 6) is 2.04. The molecule has 0 atom stereocenters. The van der Waals surface area contributed by atoms with E-state index in [0.717, 1.165) is 42.7 Å². The Morgan fingerprint density at radius 2 is 1.02 bits per heavy atom. The normalized spacial score (nSPS) is 10.9. The molecular weight excluding hydrogens is 584 g/mol. The predicted molar refractivity (Wildman–Crippen MR) is 195 cm³/mol. The van der Waals surface area contributed by atoms with Crippen molar-refractivity contribution in [3.8, 4) is 34.1 Å². The van der Waals surface area contributed by atoms with Crippen molar-refractivity contribution >= 4 is 5.97 Å². The van der Waals surface area contributed by atoms with Crippen LogP contribution in [0.1, 0.15) is 127 Å². The van der Waals surface area contributed by atoms with E-state index in [1.165, 1.54) is 77.0 Å². The van der Waals surface area contributed by atoms with E-state index in [9.17, 15) is 4.79 Å². The Morgan fingerprint density at radius 1 is 0.553 bits per heavy atom. The van der Waals surface area contributed by atoms with E-state index >= 15 is 0 Å². The van der Waals surface area contributed by atoms with Gasteiger partial charge in [-0.25, -0.2) is 4.79 Å². The number of hydrogen-bond donors (Lipinski definition) is 0. The second kappa shape index (κ2) is 23.6. The molecular formula is C42H58O5. The summed E-state index contributed by atoms with van der Waals surface area (Å²) in [6.45, 7) is 10.1. The Kier molecular flexibility index (Phi) is 18.9. The fourth-order valence-corrected chi connectivity index (χ4v) is 5.43. The molecule has 0 heterocycles. The molecule has 0 aliphatic heterocycles. The highest BCUT2D eigenvalue weighted by Crippen LogP contribution is 2.29. The van der Waals surface area contributed by atoms with E-state index in [1.807, 2.05) is 36.4 Å². The highest BCUT2D eigenvalue weighted by molar-refractivity contribution is 5.94. The van der Waals surface area contributed by atoms with Gasteiger partial charge < -0.3 is 18.9 Å². The summed E-state index contributed by atoms with van der Waals surface area (Å²) in [6, 6.07) is 21.0. The molecule has 0 radical (unpaired) electrons. The number of ether oxygens (including phenoxy) is 4. The summed E-state index contributed by atoms with van der Waals surface area (Å²) in [6.07, 6.45) is 21.4. The zero-order valence-corrected chi connectivity index (χ0v) is 29.1. The maximum Gasteiger partial charge on any atom is 0.347 e. The van der Waals surface area contributed by atoms with Crippen molar-refractivity contribution in [3.63, 3.8) is 0 Å². The third kappa shape index (κ3) is 15.1. The van der Waals surface area contributed by atoms with Crippen molar-refractivity contribution in [1.82, 2.24) is 0 Å². The molecule has 0 amide bonds. The first kappa shape index (κ1) is 37.7. The number of hydrogen-bond acceptors (Lipinski definition) is 5. The fourth-order valence-electron chi connectivity index (χ4n) is 5.43. The van der Waals surface area contributed by atoms with Crippen molar-refractivity contribution in [2.45, 2.75) is 117 Å². The van der Waals surface area contributed by atoms with Crippen LogP contribution >= 0.6 is 0 Å². The van der Waals surface area contributed by atoms with Gasteiger partial charge in [-0.3, -0.25) is 0 Å². The first-order valence-electron chi connectivity index (χ1n) is 18.2. The van der Waals surface area contributed by atoms with E-state index in [0.29, 0.717) is 42.4 Å². The van der Waals surface area contributed by atoms with Crippen molar-refractivity contribution in [1.29, 1.82) is 0 Å². The first-order valence-corrected chi connectivity index (χ1v) is 18.2. The summed E-state index contributed by atoms with van der Waals surface area (Å²) in [5, 5.41) is 0. The van der Waals surface area contributed by atoms with Crippen molar-refractivity contribution < 1.29 is 23.7 Å². The molecule has 0 saturated carbocycles. The number of carbonyl (C=O) groups is 1. The van der Waals surface area contributed by atoms with Crippen LogP contribution in [0.15, 0.2) is 79.4 Å². The van der Waals surface area contributed by atoms with Gasteiger partial charge in [0, 0.05) is 6.07 Å². The molecule has 256 valence electrons. The van der Waals surface area contributed by atoms with Gasteiger partial charge in [0.05, 0.1) is 19.8 Å². The van der Waals surface area contributed by atoms with Gasteiger partial charge in [0.25, 0.3) is 0 Å². The maximum atomic E-state index is 13.2. The van der Waals surface area contributed by atoms with Gasteiger partial charge >= 0.3 is 5.97 Å². The van der Waals surface area contributed by atoms with E-state index in [1.54, 1.807) is 24.3 Å². The quantitative estimate of drug-likeness (QED) is 0.0377. The van der Waals surface area contributed by atoms with Crippen molar-refractivity contribution in [3.05, 3.63) is 84.9 Å². The van der Waals surface area contributed by atoms with Crippen LogP contribution in [0.4, 0.5) is 0 Å². The van der Waals surface area contributed by atoms with E-state index < -0.39 is 5.97 Å². The average molecular weight is 643 g/mol. The molecule has 3 aromatic rings. The molecule has 3 aromatic carbocycles. The molecule has 0 unspecified atom stereocenters. The lowest BCUT2D eigenvalue weighted by molar-refractivity contribution is 0.0730. The van der Waals surface area contributed by atoms with Gasteiger partial charge in [-0.1, -0.05) is 128 Å². The molecule has 0 saturated heterocycles. The van der Waals surface area contributed by atoms with Crippen LogP contribution in [-0.4, -0.2) is 25.8 Å². The molecule has 0 bridgehead atoms. The van der Waals surface area contributed by atoms with E-state index in [2.05, 4.69) is 32.6 Å². The van der Waals surface area contributed by atoms with Gasteiger partial charge in [-0.05, 0) is 66.8 Å². The Morgan fingerprint density at radius 3 is 1.55 bits per heavy atom. The lowest BCUT2D eigenvalue weighted by atomic mass is 10.1. The first-order chi connectivity index (χ1) is 23.1. The molecule has 3 rings (SSSR count). The molecule has 0 aliphatic carbocycles. The van der Waals surface area contributed by atoms with Crippen LogP contribution in [0.3, 0.4) is 0 Å². The molecule has 0 aromatic heterocycles. The number of carbonyl (C=O) groups excluding carboxylic acids is 1. The maximum absolute atomic E-state index is 13.2. The largest absolute Gasteiger partial charge is 0.494 e. The number of rotatable bonds is 26. The second-order valence-corrected chi connectivity index (χ2v) is 12.3. The SMILES string of the molecule is C=CCCOc1cc(OCCCCCCCC)ccc1C(=O)Oc1ccc(-c2ccc(OCCCCCCCCCCC)cc2)cc1. The van der Waals surface area contributed by atoms with Crippen LogP contribution < -0.4 is 18.9 Å². The molecule has 5 heteroatoms. The summed E-state index contributed by atoms with van der Waals surface area (Å²) in [5.41, 5.74) is 2.48. The fraction of sp³-hybridized carbons (Fsp3) is 0.500. The van der Waals surface area contributed by atoms with Crippen LogP contribution in [0.2, 0.25) is 0 Å². The van der Waals surface area contributed by atoms with Crippen molar-refractivity contribution in [2.75, 3.05) is 19.8 Å². The average Bonchev–Trinajstić information content (AvgIpc) is 3.09.